The van der Waals surface area contributed by atoms with Crippen LogP contribution >= 0.6 is 0 Å². The minimum Gasteiger partial charge on any atom is -0.349 e. The summed E-state index contributed by atoms with van der Waals surface area (Å²) >= 11 is 0. The number of hydrogen-bond donors (Lipinski definition) is 1. The van der Waals surface area contributed by atoms with Crippen LogP contribution in [0, 0.1) is 6.92 Å². The van der Waals surface area contributed by atoms with Gasteiger partial charge in [0.05, 0.1) is 11.6 Å². The number of piperazine rings is 1. The first-order chi connectivity index (χ1) is 14.8. The molecule has 2 aromatic carbocycles. The maximum absolute atomic E-state index is 13.0. The highest BCUT2D eigenvalue weighted by molar-refractivity contribution is 6.04. The van der Waals surface area contributed by atoms with Crippen molar-refractivity contribution >= 4 is 22.7 Å². The van der Waals surface area contributed by atoms with Gasteiger partial charge in [-0.25, -0.2) is 0 Å². The molecule has 4 rings (SSSR count). The van der Waals surface area contributed by atoms with Crippen LogP contribution in [0.2, 0.25) is 0 Å². The molecule has 1 aliphatic rings. The van der Waals surface area contributed by atoms with Crippen LogP contribution in [0.25, 0.3) is 10.9 Å². The van der Waals surface area contributed by atoms with E-state index in [9.17, 15) is 9.59 Å². The van der Waals surface area contributed by atoms with Crippen molar-refractivity contribution in [3.8, 4) is 0 Å². The van der Waals surface area contributed by atoms with Gasteiger partial charge in [0.2, 0.25) is 5.91 Å². The zero-order chi connectivity index (χ0) is 22.1. The third kappa shape index (κ3) is 4.18. The number of hydrogen-bond acceptors (Lipinski definition) is 4. The van der Waals surface area contributed by atoms with Crippen LogP contribution in [0.3, 0.4) is 0 Å². The van der Waals surface area contributed by atoms with Crippen LogP contribution in [-0.2, 0) is 18.4 Å². The third-order valence-electron chi connectivity index (χ3n) is 6.10. The van der Waals surface area contributed by atoms with Crippen molar-refractivity contribution in [1.82, 2.24) is 24.9 Å². The molecule has 0 saturated carbocycles. The van der Waals surface area contributed by atoms with Gasteiger partial charge in [0.15, 0.2) is 5.69 Å². The van der Waals surface area contributed by atoms with E-state index in [0.29, 0.717) is 25.3 Å². The van der Waals surface area contributed by atoms with Crippen molar-refractivity contribution < 1.29 is 9.59 Å². The second-order valence-electron chi connectivity index (χ2n) is 8.41. The Morgan fingerprint density at radius 3 is 2.71 bits per heavy atom. The van der Waals surface area contributed by atoms with Crippen LogP contribution < -0.4 is 5.32 Å². The summed E-state index contributed by atoms with van der Waals surface area (Å²) < 4.78 is 1.73. The normalized spacial score (nSPS) is 19.7. The molecule has 2 amide bonds. The highest BCUT2D eigenvalue weighted by Gasteiger charge is 2.36. The number of likely N-dealkylation sites (N-methyl/N-ethyl adjacent to an activating group) is 1. The number of fused-ring (bicyclic) bond motifs is 1. The van der Waals surface area contributed by atoms with Crippen molar-refractivity contribution in [2.75, 3.05) is 20.1 Å². The van der Waals surface area contributed by atoms with E-state index in [1.807, 2.05) is 51.4 Å². The first kappa shape index (κ1) is 21.1. The van der Waals surface area contributed by atoms with E-state index in [4.69, 9.17) is 0 Å². The molecule has 2 atom stereocenters. The van der Waals surface area contributed by atoms with Gasteiger partial charge in [-0.15, -0.1) is 0 Å². The second kappa shape index (κ2) is 8.51. The van der Waals surface area contributed by atoms with Gasteiger partial charge < -0.3 is 10.2 Å². The van der Waals surface area contributed by atoms with Crippen molar-refractivity contribution in [3.05, 3.63) is 65.4 Å². The number of amides is 2. The van der Waals surface area contributed by atoms with E-state index in [0.717, 1.165) is 16.5 Å². The topological polar surface area (TPSA) is 70.5 Å². The van der Waals surface area contributed by atoms with Crippen molar-refractivity contribution in [2.45, 2.75) is 32.5 Å². The van der Waals surface area contributed by atoms with E-state index in [-0.39, 0.29) is 23.9 Å². The molecule has 7 heteroatoms. The standard InChI is InChI=1S/C24H29N5O2/c1-16-8-7-9-18(12-16)14-29-17(2)24(31)27(3)15-19(29)13-25-23(30)22-20-10-5-6-11-21(20)28(4)26-22/h5-12,17,19H,13-15H2,1-4H3,(H,25,30)/t17-,19+/m0/s1. The molecule has 1 N–H and O–H groups in total. The predicted molar refractivity (Wildman–Crippen MR) is 121 cm³/mol. The van der Waals surface area contributed by atoms with E-state index in [2.05, 4.69) is 40.4 Å². The minimum atomic E-state index is -0.253. The lowest BCUT2D eigenvalue weighted by Gasteiger charge is -2.44. The number of para-hydroxylation sites is 1. The lowest BCUT2D eigenvalue weighted by Crippen LogP contribution is -2.62. The van der Waals surface area contributed by atoms with Gasteiger partial charge in [-0.05, 0) is 25.5 Å². The zero-order valence-electron chi connectivity index (χ0n) is 18.5. The van der Waals surface area contributed by atoms with E-state index in [1.54, 1.807) is 9.58 Å². The average molecular weight is 420 g/mol. The highest BCUT2D eigenvalue weighted by atomic mass is 16.2. The van der Waals surface area contributed by atoms with Gasteiger partial charge in [0.25, 0.3) is 5.91 Å². The molecule has 0 unspecified atom stereocenters. The van der Waals surface area contributed by atoms with Gasteiger partial charge in [0, 0.05) is 45.2 Å². The average Bonchev–Trinajstić information content (AvgIpc) is 3.10. The van der Waals surface area contributed by atoms with Crippen molar-refractivity contribution in [3.63, 3.8) is 0 Å². The molecule has 0 bridgehead atoms. The van der Waals surface area contributed by atoms with Gasteiger partial charge in [0.1, 0.15) is 0 Å². The zero-order valence-corrected chi connectivity index (χ0v) is 18.5. The minimum absolute atomic E-state index is 0.0112. The highest BCUT2D eigenvalue weighted by Crippen LogP contribution is 2.21. The first-order valence-corrected chi connectivity index (χ1v) is 10.6. The van der Waals surface area contributed by atoms with E-state index < -0.39 is 0 Å². The summed E-state index contributed by atoms with van der Waals surface area (Å²) in [6, 6.07) is 15.8. The summed E-state index contributed by atoms with van der Waals surface area (Å²) in [5.41, 5.74) is 3.70. The number of nitrogens with zero attached hydrogens (tertiary/aromatic N) is 4. The van der Waals surface area contributed by atoms with Gasteiger partial charge in [-0.3, -0.25) is 19.2 Å². The van der Waals surface area contributed by atoms with E-state index in [1.165, 1.54) is 5.56 Å². The smallest absolute Gasteiger partial charge is 0.272 e. The number of carbonyl (C=O) groups is 2. The molecule has 0 aliphatic carbocycles. The Morgan fingerprint density at radius 2 is 1.94 bits per heavy atom. The molecule has 0 spiro atoms. The van der Waals surface area contributed by atoms with E-state index >= 15 is 0 Å². The number of aryl methyl sites for hydroxylation is 2. The number of aromatic nitrogens is 2. The fourth-order valence-corrected chi connectivity index (χ4v) is 4.43. The molecule has 3 aromatic rings. The first-order valence-electron chi connectivity index (χ1n) is 10.6. The third-order valence-corrected chi connectivity index (χ3v) is 6.10. The van der Waals surface area contributed by atoms with Gasteiger partial charge >= 0.3 is 0 Å². The monoisotopic (exact) mass is 419 g/mol. The summed E-state index contributed by atoms with van der Waals surface area (Å²) in [7, 11) is 3.66. The Morgan fingerprint density at radius 1 is 1.16 bits per heavy atom. The van der Waals surface area contributed by atoms with Crippen LogP contribution in [0.1, 0.15) is 28.5 Å². The lowest BCUT2D eigenvalue weighted by atomic mass is 10.0. The fourth-order valence-electron chi connectivity index (χ4n) is 4.43. The largest absolute Gasteiger partial charge is 0.349 e. The molecule has 2 heterocycles. The molecule has 31 heavy (non-hydrogen) atoms. The van der Waals surface area contributed by atoms with Crippen LogP contribution in [0.5, 0.6) is 0 Å². The summed E-state index contributed by atoms with van der Waals surface area (Å²) in [5, 5.41) is 8.32. The summed E-state index contributed by atoms with van der Waals surface area (Å²) in [6.07, 6.45) is 0. The molecule has 0 radical (unpaired) electrons. The fraction of sp³-hybridized carbons (Fsp3) is 0.375. The van der Waals surface area contributed by atoms with Gasteiger partial charge in [-0.1, -0.05) is 48.0 Å². The Balaban J connectivity index is 1.52. The molecule has 7 nitrogen and oxygen atoms in total. The van der Waals surface area contributed by atoms with Crippen molar-refractivity contribution in [2.24, 2.45) is 7.05 Å². The van der Waals surface area contributed by atoms with Crippen LogP contribution in [-0.4, -0.2) is 63.6 Å². The summed E-state index contributed by atoms with van der Waals surface area (Å²) in [4.78, 5) is 29.5. The number of rotatable bonds is 5. The molecule has 1 aliphatic heterocycles. The maximum Gasteiger partial charge on any atom is 0.272 e. The Labute approximate surface area is 182 Å². The number of nitrogens with one attached hydrogen (secondary N) is 1. The molecule has 1 saturated heterocycles. The molecule has 1 fully saturated rings. The second-order valence-corrected chi connectivity index (χ2v) is 8.41. The Kier molecular flexibility index (Phi) is 5.78. The predicted octanol–water partition coefficient (Wildman–Crippen LogP) is 2.34. The SMILES string of the molecule is Cc1cccc(CN2[C@H](CNC(=O)c3nn(C)c4ccccc34)CN(C)C(=O)[C@@H]2C)c1. The number of benzene rings is 2. The van der Waals surface area contributed by atoms with Crippen molar-refractivity contribution in [1.29, 1.82) is 0 Å². The van der Waals surface area contributed by atoms with Crippen LogP contribution in [0.4, 0.5) is 0 Å². The molecular formula is C24H29N5O2. The quantitative estimate of drug-likeness (QED) is 0.689. The lowest BCUT2D eigenvalue weighted by molar-refractivity contribution is -0.142. The number of carbonyl (C=O) groups excluding carboxylic acids is 2. The maximum atomic E-state index is 13.0. The summed E-state index contributed by atoms with van der Waals surface area (Å²) in [5.74, 6) is -0.0922. The van der Waals surface area contributed by atoms with Gasteiger partial charge in [-0.2, -0.15) is 5.10 Å². The molecule has 162 valence electrons. The molecule has 1 aromatic heterocycles. The Hall–Kier alpha value is -3.19. The Bertz CT molecular complexity index is 1120. The van der Waals surface area contributed by atoms with Crippen LogP contribution in [0.15, 0.2) is 48.5 Å². The molecular weight excluding hydrogens is 390 g/mol. The summed E-state index contributed by atoms with van der Waals surface area (Å²) in [6.45, 7) is 5.68.